The highest BCUT2D eigenvalue weighted by molar-refractivity contribution is 7.86. The molecule has 0 N–H and O–H groups in total. The van der Waals surface area contributed by atoms with Crippen LogP contribution in [0.5, 0.6) is 0 Å². The van der Waals surface area contributed by atoms with E-state index in [1.807, 2.05) is 6.20 Å². The summed E-state index contributed by atoms with van der Waals surface area (Å²) in [5, 5.41) is 13.6. The van der Waals surface area contributed by atoms with Gasteiger partial charge >= 0.3 is 0 Å². The normalized spacial score (nSPS) is 28.4. The SMILES string of the molecule is N#Cc1cnn2cc(C3=CC4CCC(C3)S4=O)cnc12. The number of hydrogen-bond acceptors (Lipinski definition) is 4. The Labute approximate surface area is 118 Å². The third-order valence-corrected chi connectivity index (χ3v) is 6.11. The summed E-state index contributed by atoms with van der Waals surface area (Å²) in [4.78, 5) is 4.34. The zero-order valence-electron chi connectivity index (χ0n) is 10.7. The number of nitriles is 1. The van der Waals surface area contributed by atoms with E-state index < -0.39 is 10.8 Å². The maximum absolute atomic E-state index is 12.0. The van der Waals surface area contributed by atoms with Crippen LogP contribution < -0.4 is 0 Å². The maximum atomic E-state index is 12.0. The fourth-order valence-electron chi connectivity index (χ4n) is 3.04. The molecule has 4 rings (SSSR count). The van der Waals surface area contributed by atoms with Gasteiger partial charge < -0.3 is 0 Å². The predicted octanol–water partition coefficient (Wildman–Crippen LogP) is 1.67. The standard InChI is InChI=1S/C14H12N4OS/c15-5-10-7-17-18-8-11(6-16-14(10)18)9-3-12-1-2-13(4-9)20(12)19/h3,6-8,12-13H,1-2,4H2. The Kier molecular flexibility index (Phi) is 2.51. The molecule has 2 aliphatic heterocycles. The van der Waals surface area contributed by atoms with Gasteiger partial charge in [-0.15, -0.1) is 0 Å². The molecule has 100 valence electrons. The molecule has 2 aromatic rings. The molecular weight excluding hydrogens is 272 g/mol. The van der Waals surface area contributed by atoms with E-state index in [1.54, 1.807) is 10.7 Å². The van der Waals surface area contributed by atoms with Gasteiger partial charge in [-0.05, 0) is 24.8 Å². The first-order valence-corrected chi connectivity index (χ1v) is 7.88. The quantitative estimate of drug-likeness (QED) is 0.798. The van der Waals surface area contributed by atoms with Crippen LogP contribution in [0.25, 0.3) is 11.2 Å². The lowest BCUT2D eigenvalue weighted by Gasteiger charge is -2.19. The average molecular weight is 284 g/mol. The molecule has 4 heterocycles. The Morgan fingerprint density at radius 2 is 2.30 bits per heavy atom. The zero-order valence-corrected chi connectivity index (χ0v) is 11.5. The van der Waals surface area contributed by atoms with Gasteiger partial charge in [0.1, 0.15) is 11.6 Å². The summed E-state index contributed by atoms with van der Waals surface area (Å²) in [6, 6.07) is 2.08. The minimum absolute atomic E-state index is 0.201. The predicted molar refractivity (Wildman–Crippen MR) is 75.2 cm³/mol. The molecule has 2 aromatic heterocycles. The lowest BCUT2D eigenvalue weighted by Crippen LogP contribution is -2.20. The molecule has 5 nitrogen and oxygen atoms in total. The fraction of sp³-hybridized carbons (Fsp3) is 0.357. The summed E-state index contributed by atoms with van der Waals surface area (Å²) in [6.07, 6.45) is 10.3. The number of allylic oxidation sites excluding steroid dienone is 1. The van der Waals surface area contributed by atoms with E-state index >= 15 is 0 Å². The zero-order chi connectivity index (χ0) is 13.7. The third kappa shape index (κ3) is 1.63. The van der Waals surface area contributed by atoms with Gasteiger partial charge in [0.25, 0.3) is 0 Å². The number of fused-ring (bicyclic) bond motifs is 3. The van der Waals surface area contributed by atoms with Crippen LogP contribution in [-0.2, 0) is 10.8 Å². The minimum Gasteiger partial charge on any atom is -0.259 e. The first kappa shape index (κ1) is 11.8. The Morgan fingerprint density at radius 1 is 1.40 bits per heavy atom. The molecule has 1 saturated heterocycles. The summed E-state index contributed by atoms with van der Waals surface area (Å²) in [5.41, 5.74) is 3.29. The second kappa shape index (κ2) is 4.25. The monoisotopic (exact) mass is 284 g/mol. The summed E-state index contributed by atoms with van der Waals surface area (Å²) >= 11 is 0. The minimum atomic E-state index is -0.700. The van der Waals surface area contributed by atoms with Crippen molar-refractivity contribution in [3.05, 3.63) is 35.8 Å². The Bertz CT molecular complexity index is 801. The molecule has 3 unspecified atom stereocenters. The summed E-state index contributed by atoms with van der Waals surface area (Å²) in [6.45, 7) is 0. The molecule has 6 heteroatoms. The van der Waals surface area contributed by atoms with Crippen LogP contribution in [0.15, 0.2) is 24.7 Å². The van der Waals surface area contributed by atoms with Crippen LogP contribution in [-0.4, -0.2) is 29.3 Å². The van der Waals surface area contributed by atoms with Gasteiger partial charge in [0, 0.05) is 34.0 Å². The van der Waals surface area contributed by atoms with Gasteiger partial charge in [-0.3, -0.25) is 4.21 Å². The van der Waals surface area contributed by atoms with Crippen molar-refractivity contribution < 1.29 is 4.21 Å². The Hall–Kier alpha value is -2.00. The first-order valence-electron chi connectivity index (χ1n) is 6.60. The van der Waals surface area contributed by atoms with Gasteiger partial charge in [-0.2, -0.15) is 10.4 Å². The lowest BCUT2D eigenvalue weighted by atomic mass is 10.0. The van der Waals surface area contributed by atoms with E-state index in [4.69, 9.17) is 5.26 Å². The second-order valence-corrected chi connectivity index (χ2v) is 7.17. The largest absolute Gasteiger partial charge is 0.259 e. The van der Waals surface area contributed by atoms with Crippen LogP contribution in [0.2, 0.25) is 0 Å². The van der Waals surface area contributed by atoms with Crippen LogP contribution in [0.1, 0.15) is 30.4 Å². The first-order chi connectivity index (χ1) is 9.76. The van der Waals surface area contributed by atoms with E-state index in [-0.39, 0.29) is 5.25 Å². The summed E-state index contributed by atoms with van der Waals surface area (Å²) < 4.78 is 13.7. The molecule has 20 heavy (non-hydrogen) atoms. The van der Waals surface area contributed by atoms with Gasteiger partial charge in [0.2, 0.25) is 0 Å². The van der Waals surface area contributed by atoms with Crippen molar-refractivity contribution >= 4 is 22.0 Å². The van der Waals surface area contributed by atoms with Gasteiger partial charge in [0.15, 0.2) is 5.65 Å². The van der Waals surface area contributed by atoms with Crippen LogP contribution in [0.4, 0.5) is 0 Å². The van der Waals surface area contributed by atoms with Crippen molar-refractivity contribution in [3.8, 4) is 6.07 Å². The smallest absolute Gasteiger partial charge is 0.172 e. The highest BCUT2D eigenvalue weighted by Crippen LogP contribution is 2.38. The van der Waals surface area contributed by atoms with Crippen molar-refractivity contribution in [3.63, 3.8) is 0 Å². The van der Waals surface area contributed by atoms with Crippen LogP contribution >= 0.6 is 0 Å². The van der Waals surface area contributed by atoms with Crippen molar-refractivity contribution in [1.82, 2.24) is 14.6 Å². The highest BCUT2D eigenvalue weighted by Gasteiger charge is 2.36. The molecule has 0 aromatic carbocycles. The van der Waals surface area contributed by atoms with Crippen molar-refractivity contribution in [2.75, 3.05) is 0 Å². The number of hydrogen-bond donors (Lipinski definition) is 0. The maximum Gasteiger partial charge on any atom is 0.172 e. The molecule has 2 aliphatic rings. The van der Waals surface area contributed by atoms with Gasteiger partial charge in [-0.25, -0.2) is 9.50 Å². The van der Waals surface area contributed by atoms with E-state index in [2.05, 4.69) is 22.2 Å². The topological polar surface area (TPSA) is 71.1 Å². The fourth-order valence-corrected chi connectivity index (χ4v) is 4.91. The average Bonchev–Trinajstić information content (AvgIpc) is 2.94. The second-order valence-electron chi connectivity index (χ2n) is 5.24. The molecular formula is C14H12N4OS. The third-order valence-electron chi connectivity index (χ3n) is 4.08. The number of nitrogens with zero attached hydrogens (tertiary/aromatic N) is 4. The number of rotatable bonds is 1. The van der Waals surface area contributed by atoms with Crippen molar-refractivity contribution in [2.24, 2.45) is 0 Å². The molecule has 0 amide bonds. The van der Waals surface area contributed by atoms with Gasteiger partial charge in [-0.1, -0.05) is 6.08 Å². The van der Waals surface area contributed by atoms with Crippen LogP contribution in [0, 0.1) is 11.3 Å². The van der Waals surface area contributed by atoms with Crippen molar-refractivity contribution in [1.29, 1.82) is 5.26 Å². The van der Waals surface area contributed by atoms with E-state index in [0.29, 0.717) is 16.5 Å². The molecule has 0 spiro atoms. The summed E-state index contributed by atoms with van der Waals surface area (Å²) in [5.74, 6) is 0. The molecule has 3 atom stereocenters. The van der Waals surface area contributed by atoms with Gasteiger partial charge in [0.05, 0.1) is 11.4 Å². The lowest BCUT2D eigenvalue weighted by molar-refractivity contribution is 0.674. The van der Waals surface area contributed by atoms with Crippen molar-refractivity contribution in [2.45, 2.75) is 29.8 Å². The highest BCUT2D eigenvalue weighted by atomic mass is 32.2. The Morgan fingerprint density at radius 3 is 3.10 bits per heavy atom. The van der Waals surface area contributed by atoms with E-state index in [9.17, 15) is 4.21 Å². The summed E-state index contributed by atoms with van der Waals surface area (Å²) in [7, 11) is -0.700. The van der Waals surface area contributed by atoms with E-state index in [0.717, 1.165) is 24.8 Å². The number of aromatic nitrogens is 3. The Balaban J connectivity index is 1.78. The molecule has 2 bridgehead atoms. The molecule has 1 fully saturated rings. The van der Waals surface area contributed by atoms with E-state index in [1.165, 1.54) is 11.8 Å². The van der Waals surface area contributed by atoms with Crippen LogP contribution in [0.3, 0.4) is 0 Å². The molecule has 0 aliphatic carbocycles. The molecule has 0 saturated carbocycles. The molecule has 0 radical (unpaired) electrons.